The van der Waals surface area contributed by atoms with E-state index >= 15 is 0 Å². The first-order chi connectivity index (χ1) is 14.6. The quantitative estimate of drug-likeness (QED) is 0.333. The third-order valence-corrected chi connectivity index (χ3v) is 5.66. The fourth-order valence-electron chi connectivity index (χ4n) is 4.12. The minimum Gasteiger partial charge on any atom is -0.369 e. The standard InChI is InChI=1S/C22H34N6O2/c1-2-24-22(26-18-10-13-27(14-11-18)16-20(23)29)25-12-5-8-21(30)28-15-9-17-6-3-4-7-19(17)28/h3-4,6-7,18H,2,5,8-16H2,1H3,(H2,23,29)(H2,24,25,26). The average molecular weight is 415 g/mol. The van der Waals surface area contributed by atoms with Crippen molar-refractivity contribution in [2.75, 3.05) is 44.2 Å². The van der Waals surface area contributed by atoms with Crippen molar-refractivity contribution in [3.8, 4) is 0 Å². The first kappa shape index (κ1) is 22.1. The van der Waals surface area contributed by atoms with Gasteiger partial charge in [-0.05, 0) is 44.2 Å². The van der Waals surface area contributed by atoms with Gasteiger partial charge in [0.2, 0.25) is 11.8 Å². The molecule has 0 unspecified atom stereocenters. The summed E-state index contributed by atoms with van der Waals surface area (Å²) in [6.07, 6.45) is 4.07. The molecular weight excluding hydrogens is 380 g/mol. The Labute approximate surface area is 178 Å². The Hall–Kier alpha value is -2.61. The summed E-state index contributed by atoms with van der Waals surface area (Å²) >= 11 is 0. The molecule has 4 N–H and O–H groups in total. The topological polar surface area (TPSA) is 103 Å². The minimum atomic E-state index is -0.275. The van der Waals surface area contributed by atoms with Crippen LogP contribution in [0.1, 0.15) is 38.2 Å². The van der Waals surface area contributed by atoms with Crippen LogP contribution >= 0.6 is 0 Å². The molecule has 8 heteroatoms. The van der Waals surface area contributed by atoms with E-state index in [0.717, 1.165) is 63.5 Å². The van der Waals surface area contributed by atoms with Crippen LogP contribution in [0.2, 0.25) is 0 Å². The van der Waals surface area contributed by atoms with Gasteiger partial charge in [-0.1, -0.05) is 18.2 Å². The Bertz CT molecular complexity index is 758. The number of benzene rings is 1. The fraction of sp³-hybridized carbons (Fsp3) is 0.591. The van der Waals surface area contributed by atoms with E-state index in [4.69, 9.17) is 5.73 Å². The summed E-state index contributed by atoms with van der Waals surface area (Å²) in [4.78, 5) is 32.3. The van der Waals surface area contributed by atoms with Crippen LogP contribution in [-0.4, -0.2) is 68.0 Å². The number of guanidine groups is 1. The van der Waals surface area contributed by atoms with E-state index < -0.39 is 0 Å². The number of hydrogen-bond acceptors (Lipinski definition) is 4. The predicted octanol–water partition coefficient (Wildman–Crippen LogP) is 0.861. The van der Waals surface area contributed by atoms with Crippen LogP contribution in [0.3, 0.4) is 0 Å². The number of hydrogen-bond donors (Lipinski definition) is 3. The van der Waals surface area contributed by atoms with E-state index in [-0.39, 0.29) is 11.8 Å². The number of anilines is 1. The highest BCUT2D eigenvalue weighted by atomic mass is 16.2. The summed E-state index contributed by atoms with van der Waals surface area (Å²) in [5.41, 5.74) is 7.59. The number of piperidine rings is 1. The summed E-state index contributed by atoms with van der Waals surface area (Å²) in [5.74, 6) is 0.697. The number of aliphatic imine (C=N–C) groups is 1. The number of fused-ring (bicyclic) bond motifs is 1. The molecule has 1 saturated heterocycles. The third-order valence-electron chi connectivity index (χ3n) is 5.66. The number of nitrogens with zero attached hydrogens (tertiary/aromatic N) is 3. The van der Waals surface area contributed by atoms with E-state index in [1.54, 1.807) is 0 Å². The SMILES string of the molecule is CCNC(=NCCCC(=O)N1CCc2ccccc21)NC1CCN(CC(N)=O)CC1. The Morgan fingerprint density at radius 3 is 2.70 bits per heavy atom. The normalized spacial score (nSPS) is 17.6. The van der Waals surface area contributed by atoms with E-state index in [2.05, 4.69) is 26.6 Å². The summed E-state index contributed by atoms with van der Waals surface area (Å²) in [5, 5.41) is 6.77. The molecule has 2 aliphatic rings. The molecule has 30 heavy (non-hydrogen) atoms. The van der Waals surface area contributed by atoms with Gasteiger partial charge in [-0.3, -0.25) is 19.5 Å². The minimum absolute atomic E-state index is 0.176. The zero-order valence-electron chi connectivity index (χ0n) is 17.9. The van der Waals surface area contributed by atoms with E-state index in [9.17, 15) is 9.59 Å². The zero-order chi connectivity index (χ0) is 21.3. The van der Waals surface area contributed by atoms with Crippen molar-refractivity contribution in [3.63, 3.8) is 0 Å². The Balaban J connectivity index is 1.42. The van der Waals surface area contributed by atoms with Gasteiger partial charge < -0.3 is 21.3 Å². The number of carbonyl (C=O) groups excluding carboxylic acids is 2. The fourth-order valence-corrected chi connectivity index (χ4v) is 4.12. The number of carbonyl (C=O) groups is 2. The lowest BCUT2D eigenvalue weighted by Gasteiger charge is -2.32. The van der Waals surface area contributed by atoms with Crippen molar-refractivity contribution in [2.45, 2.75) is 45.1 Å². The van der Waals surface area contributed by atoms with E-state index in [1.807, 2.05) is 30.0 Å². The van der Waals surface area contributed by atoms with Gasteiger partial charge in [0.25, 0.3) is 0 Å². The van der Waals surface area contributed by atoms with Crippen LogP contribution in [0.15, 0.2) is 29.3 Å². The summed E-state index contributed by atoms with van der Waals surface area (Å²) in [6.45, 7) is 6.25. The lowest BCUT2D eigenvalue weighted by molar-refractivity contribution is -0.119. The number of para-hydroxylation sites is 1. The van der Waals surface area contributed by atoms with Crippen molar-refractivity contribution in [2.24, 2.45) is 10.7 Å². The highest BCUT2D eigenvalue weighted by molar-refractivity contribution is 5.95. The molecule has 0 aromatic heterocycles. The van der Waals surface area contributed by atoms with Gasteiger partial charge in [0, 0.05) is 50.9 Å². The second-order valence-electron chi connectivity index (χ2n) is 7.95. The maximum atomic E-state index is 12.6. The molecule has 2 heterocycles. The zero-order valence-corrected chi connectivity index (χ0v) is 17.9. The molecule has 164 valence electrons. The lowest BCUT2D eigenvalue weighted by atomic mass is 10.1. The van der Waals surface area contributed by atoms with Crippen molar-refractivity contribution >= 4 is 23.5 Å². The smallest absolute Gasteiger partial charge is 0.231 e. The number of nitrogens with two attached hydrogens (primary N) is 1. The Kier molecular flexibility index (Phi) is 8.07. The third kappa shape index (κ3) is 6.19. The molecule has 0 aliphatic carbocycles. The Morgan fingerprint density at radius 2 is 1.97 bits per heavy atom. The van der Waals surface area contributed by atoms with Crippen molar-refractivity contribution in [1.82, 2.24) is 15.5 Å². The van der Waals surface area contributed by atoms with Gasteiger partial charge in [0.05, 0.1) is 6.54 Å². The van der Waals surface area contributed by atoms with Crippen molar-refractivity contribution in [1.29, 1.82) is 0 Å². The van der Waals surface area contributed by atoms with Crippen LogP contribution in [-0.2, 0) is 16.0 Å². The molecule has 1 aromatic carbocycles. The van der Waals surface area contributed by atoms with Crippen LogP contribution < -0.4 is 21.3 Å². The maximum absolute atomic E-state index is 12.6. The number of amides is 2. The van der Waals surface area contributed by atoms with Gasteiger partial charge in [-0.25, -0.2) is 0 Å². The number of rotatable bonds is 8. The molecule has 1 fully saturated rings. The maximum Gasteiger partial charge on any atom is 0.231 e. The molecule has 2 amide bonds. The molecule has 0 bridgehead atoms. The molecule has 0 radical (unpaired) electrons. The average Bonchev–Trinajstić information content (AvgIpc) is 3.16. The summed E-state index contributed by atoms with van der Waals surface area (Å²) < 4.78 is 0. The van der Waals surface area contributed by atoms with E-state index in [0.29, 0.717) is 25.6 Å². The molecular formula is C22H34N6O2. The van der Waals surface area contributed by atoms with Crippen molar-refractivity contribution in [3.05, 3.63) is 29.8 Å². The first-order valence-corrected chi connectivity index (χ1v) is 11.0. The molecule has 8 nitrogen and oxygen atoms in total. The van der Waals surface area contributed by atoms with Crippen LogP contribution in [0.25, 0.3) is 0 Å². The second-order valence-corrected chi connectivity index (χ2v) is 7.95. The van der Waals surface area contributed by atoms with Gasteiger partial charge in [0.1, 0.15) is 0 Å². The number of likely N-dealkylation sites (tertiary alicyclic amines) is 1. The monoisotopic (exact) mass is 414 g/mol. The molecule has 3 rings (SSSR count). The Morgan fingerprint density at radius 1 is 1.20 bits per heavy atom. The lowest BCUT2D eigenvalue weighted by Crippen LogP contribution is -2.49. The molecule has 0 saturated carbocycles. The summed E-state index contributed by atoms with van der Waals surface area (Å²) in [7, 11) is 0. The van der Waals surface area contributed by atoms with Crippen molar-refractivity contribution < 1.29 is 9.59 Å². The highest BCUT2D eigenvalue weighted by Crippen LogP contribution is 2.28. The largest absolute Gasteiger partial charge is 0.369 e. The van der Waals surface area contributed by atoms with Gasteiger partial charge in [0.15, 0.2) is 5.96 Å². The van der Waals surface area contributed by atoms with Crippen LogP contribution in [0.4, 0.5) is 5.69 Å². The molecule has 1 aromatic rings. The molecule has 2 aliphatic heterocycles. The van der Waals surface area contributed by atoms with Gasteiger partial charge in [-0.15, -0.1) is 0 Å². The number of primary amides is 1. The molecule has 0 spiro atoms. The second kappa shape index (κ2) is 11.0. The first-order valence-electron chi connectivity index (χ1n) is 11.0. The molecule has 0 atom stereocenters. The number of nitrogens with one attached hydrogen (secondary N) is 2. The van der Waals surface area contributed by atoms with Crippen LogP contribution in [0, 0.1) is 0 Å². The summed E-state index contributed by atoms with van der Waals surface area (Å²) in [6, 6.07) is 8.47. The van der Waals surface area contributed by atoms with Gasteiger partial charge in [-0.2, -0.15) is 0 Å². The van der Waals surface area contributed by atoms with Crippen LogP contribution in [0.5, 0.6) is 0 Å². The van der Waals surface area contributed by atoms with E-state index in [1.165, 1.54) is 5.56 Å². The predicted molar refractivity (Wildman–Crippen MR) is 120 cm³/mol. The highest BCUT2D eigenvalue weighted by Gasteiger charge is 2.23. The van der Waals surface area contributed by atoms with Gasteiger partial charge >= 0.3 is 0 Å².